The smallest absolute Gasteiger partial charge is 0.307 e. The van der Waals surface area contributed by atoms with Crippen LogP contribution in [0.15, 0.2) is 95.5 Å². The van der Waals surface area contributed by atoms with Crippen molar-refractivity contribution >= 4 is 5.97 Å². The standard InChI is InChI=1S/C25H20FNO3/c26-21-13-11-20(12-14-21)23-16-27-24(30-23)17-29-25(28)15-22(18-7-3-1-4-8-18)19-9-5-2-6-10-19/h1-14,16,22H,15,17H2. The number of halogens is 1. The number of benzene rings is 3. The van der Waals surface area contributed by atoms with Crippen molar-refractivity contribution in [3.05, 3.63) is 114 Å². The molecule has 0 unspecified atom stereocenters. The molecule has 0 aliphatic rings. The monoisotopic (exact) mass is 401 g/mol. The Hall–Kier alpha value is -3.73. The lowest BCUT2D eigenvalue weighted by Crippen LogP contribution is -2.12. The first kappa shape index (κ1) is 19.6. The number of carbonyl (C=O) groups is 1. The molecule has 0 radical (unpaired) electrons. The fourth-order valence-electron chi connectivity index (χ4n) is 3.29. The third-order valence-corrected chi connectivity index (χ3v) is 4.81. The number of carbonyl (C=O) groups excluding carboxylic acids is 1. The van der Waals surface area contributed by atoms with Crippen LogP contribution in [-0.2, 0) is 16.1 Å². The zero-order chi connectivity index (χ0) is 20.8. The van der Waals surface area contributed by atoms with Crippen molar-refractivity contribution in [1.82, 2.24) is 4.98 Å². The summed E-state index contributed by atoms with van der Waals surface area (Å²) in [7, 11) is 0. The molecular weight excluding hydrogens is 381 g/mol. The number of hydrogen-bond acceptors (Lipinski definition) is 4. The van der Waals surface area contributed by atoms with E-state index >= 15 is 0 Å². The average molecular weight is 401 g/mol. The van der Waals surface area contributed by atoms with Crippen LogP contribution >= 0.6 is 0 Å². The van der Waals surface area contributed by atoms with E-state index in [0.717, 1.165) is 11.1 Å². The van der Waals surface area contributed by atoms with Gasteiger partial charge in [0.15, 0.2) is 12.4 Å². The van der Waals surface area contributed by atoms with E-state index in [2.05, 4.69) is 4.98 Å². The highest BCUT2D eigenvalue weighted by atomic mass is 19.1. The molecule has 30 heavy (non-hydrogen) atoms. The zero-order valence-electron chi connectivity index (χ0n) is 16.2. The first-order chi connectivity index (χ1) is 14.7. The largest absolute Gasteiger partial charge is 0.456 e. The van der Waals surface area contributed by atoms with E-state index in [9.17, 15) is 9.18 Å². The van der Waals surface area contributed by atoms with Gasteiger partial charge in [-0.1, -0.05) is 60.7 Å². The first-order valence-electron chi connectivity index (χ1n) is 9.65. The van der Waals surface area contributed by atoms with Crippen LogP contribution in [-0.4, -0.2) is 11.0 Å². The highest BCUT2D eigenvalue weighted by molar-refractivity contribution is 5.71. The van der Waals surface area contributed by atoms with Gasteiger partial charge in [-0.15, -0.1) is 0 Å². The Morgan fingerprint density at radius 2 is 1.50 bits per heavy atom. The normalized spacial score (nSPS) is 10.9. The van der Waals surface area contributed by atoms with Crippen molar-refractivity contribution in [3.63, 3.8) is 0 Å². The van der Waals surface area contributed by atoms with Crippen LogP contribution < -0.4 is 0 Å². The van der Waals surface area contributed by atoms with Crippen LogP contribution in [0.25, 0.3) is 11.3 Å². The van der Waals surface area contributed by atoms with E-state index < -0.39 is 0 Å². The predicted molar refractivity (Wildman–Crippen MR) is 111 cm³/mol. The van der Waals surface area contributed by atoms with Crippen LogP contribution in [0.2, 0.25) is 0 Å². The van der Waals surface area contributed by atoms with Crippen molar-refractivity contribution in [2.24, 2.45) is 0 Å². The van der Waals surface area contributed by atoms with Gasteiger partial charge in [0.1, 0.15) is 5.82 Å². The molecule has 4 aromatic rings. The van der Waals surface area contributed by atoms with E-state index in [4.69, 9.17) is 9.15 Å². The van der Waals surface area contributed by atoms with E-state index in [1.165, 1.54) is 18.3 Å². The highest BCUT2D eigenvalue weighted by Gasteiger charge is 2.19. The summed E-state index contributed by atoms with van der Waals surface area (Å²) < 4.78 is 24.1. The summed E-state index contributed by atoms with van der Waals surface area (Å²) in [5.74, 6) is 0.0263. The second-order valence-electron chi connectivity index (χ2n) is 6.86. The molecule has 4 rings (SSSR count). The molecule has 0 spiro atoms. The van der Waals surface area contributed by atoms with E-state index in [-0.39, 0.29) is 30.7 Å². The maximum atomic E-state index is 13.1. The second kappa shape index (κ2) is 9.18. The molecule has 0 atom stereocenters. The average Bonchev–Trinajstić information content (AvgIpc) is 3.27. The van der Waals surface area contributed by atoms with Crippen molar-refractivity contribution in [1.29, 1.82) is 0 Å². The number of oxazole rings is 1. The quantitative estimate of drug-likeness (QED) is 0.370. The molecule has 0 N–H and O–H groups in total. The summed E-state index contributed by atoms with van der Waals surface area (Å²) in [6.07, 6.45) is 1.74. The molecule has 5 heteroatoms. The van der Waals surface area contributed by atoms with Gasteiger partial charge in [0.2, 0.25) is 5.89 Å². The number of hydrogen-bond donors (Lipinski definition) is 0. The summed E-state index contributed by atoms with van der Waals surface area (Å²) >= 11 is 0. The Bertz CT molecular complexity index is 1050. The molecule has 0 saturated heterocycles. The second-order valence-corrected chi connectivity index (χ2v) is 6.86. The maximum absolute atomic E-state index is 13.1. The fourth-order valence-corrected chi connectivity index (χ4v) is 3.29. The van der Waals surface area contributed by atoms with Crippen LogP contribution in [0, 0.1) is 5.82 Å². The predicted octanol–water partition coefficient (Wildman–Crippen LogP) is 5.75. The van der Waals surface area contributed by atoms with Crippen LogP contribution in [0.3, 0.4) is 0 Å². The minimum Gasteiger partial charge on any atom is -0.456 e. The number of rotatable bonds is 7. The van der Waals surface area contributed by atoms with Gasteiger partial charge in [-0.05, 0) is 35.4 Å². The fraction of sp³-hybridized carbons (Fsp3) is 0.120. The molecule has 1 aromatic heterocycles. The Morgan fingerprint density at radius 1 is 0.900 bits per heavy atom. The number of esters is 1. The van der Waals surface area contributed by atoms with Gasteiger partial charge < -0.3 is 9.15 Å². The topological polar surface area (TPSA) is 52.3 Å². The van der Waals surface area contributed by atoms with Crippen molar-refractivity contribution in [2.75, 3.05) is 0 Å². The molecule has 0 aliphatic carbocycles. The molecule has 0 saturated carbocycles. The Labute approximate surface area is 174 Å². The molecule has 0 amide bonds. The van der Waals surface area contributed by atoms with Crippen LogP contribution in [0.1, 0.15) is 29.4 Å². The van der Waals surface area contributed by atoms with E-state index in [1.807, 2.05) is 60.7 Å². The lowest BCUT2D eigenvalue weighted by Gasteiger charge is -2.17. The molecule has 4 nitrogen and oxygen atoms in total. The number of aromatic nitrogens is 1. The summed E-state index contributed by atoms with van der Waals surface area (Å²) in [5, 5.41) is 0. The molecule has 0 fully saturated rings. The van der Waals surface area contributed by atoms with Gasteiger partial charge in [-0.2, -0.15) is 0 Å². The molecule has 150 valence electrons. The Balaban J connectivity index is 1.41. The first-order valence-corrected chi connectivity index (χ1v) is 9.65. The highest BCUT2D eigenvalue weighted by Crippen LogP contribution is 2.28. The third-order valence-electron chi connectivity index (χ3n) is 4.81. The van der Waals surface area contributed by atoms with Crippen LogP contribution in [0.4, 0.5) is 4.39 Å². The van der Waals surface area contributed by atoms with E-state index in [0.29, 0.717) is 17.2 Å². The molecule has 0 aliphatic heterocycles. The Morgan fingerprint density at radius 3 is 2.10 bits per heavy atom. The van der Waals surface area contributed by atoms with Gasteiger partial charge in [0.25, 0.3) is 0 Å². The van der Waals surface area contributed by atoms with E-state index in [1.54, 1.807) is 12.1 Å². The van der Waals surface area contributed by atoms with Crippen molar-refractivity contribution in [2.45, 2.75) is 18.9 Å². The molecule has 0 bridgehead atoms. The summed E-state index contributed by atoms with van der Waals surface area (Å²) in [5.41, 5.74) is 2.81. The van der Waals surface area contributed by atoms with Gasteiger partial charge in [-0.3, -0.25) is 4.79 Å². The molecule has 3 aromatic carbocycles. The van der Waals surface area contributed by atoms with Crippen LogP contribution in [0.5, 0.6) is 0 Å². The summed E-state index contributed by atoms with van der Waals surface area (Å²) in [6, 6.07) is 25.7. The van der Waals surface area contributed by atoms with Crippen molar-refractivity contribution < 1.29 is 18.3 Å². The maximum Gasteiger partial charge on any atom is 0.307 e. The molecular formula is C25H20FNO3. The number of ether oxygens (including phenoxy) is 1. The minimum atomic E-state index is -0.339. The number of nitrogens with zero attached hydrogens (tertiary/aromatic N) is 1. The lowest BCUT2D eigenvalue weighted by atomic mass is 9.89. The minimum absolute atomic E-state index is 0.0592. The third kappa shape index (κ3) is 4.81. The Kier molecular flexibility index (Phi) is 5.99. The summed E-state index contributed by atoms with van der Waals surface area (Å²) in [6.45, 7) is -0.0592. The zero-order valence-corrected chi connectivity index (χ0v) is 16.2. The van der Waals surface area contributed by atoms with Gasteiger partial charge in [0.05, 0.1) is 12.6 Å². The SMILES string of the molecule is O=C(CC(c1ccccc1)c1ccccc1)OCc1ncc(-c2ccc(F)cc2)o1. The van der Waals surface area contributed by atoms with Gasteiger partial charge in [-0.25, -0.2) is 9.37 Å². The molecule has 1 heterocycles. The van der Waals surface area contributed by atoms with Gasteiger partial charge in [0, 0.05) is 11.5 Å². The summed E-state index contributed by atoms with van der Waals surface area (Å²) in [4.78, 5) is 16.7. The van der Waals surface area contributed by atoms with Crippen molar-refractivity contribution in [3.8, 4) is 11.3 Å². The lowest BCUT2D eigenvalue weighted by molar-refractivity contribution is -0.145. The van der Waals surface area contributed by atoms with Gasteiger partial charge >= 0.3 is 5.97 Å².